The molecule has 0 aliphatic carbocycles. The van der Waals surface area contributed by atoms with E-state index in [1.165, 1.54) is 12.7 Å². The highest BCUT2D eigenvalue weighted by Crippen LogP contribution is 2.28. The second kappa shape index (κ2) is 10.5. The molecule has 0 unspecified atom stereocenters. The first kappa shape index (κ1) is 24.1. The minimum Gasteiger partial charge on any atom is -0.493 e. The summed E-state index contributed by atoms with van der Waals surface area (Å²) in [6, 6.07) is 21.1. The van der Waals surface area contributed by atoms with Gasteiger partial charge in [-0.2, -0.15) is 0 Å². The zero-order valence-corrected chi connectivity index (χ0v) is 20.6. The maximum absolute atomic E-state index is 13.7. The number of rotatable bonds is 8. The Bertz CT molecular complexity index is 1420. The van der Waals surface area contributed by atoms with Gasteiger partial charge >= 0.3 is 0 Å². The lowest BCUT2D eigenvalue weighted by molar-refractivity contribution is 0.0744. The van der Waals surface area contributed by atoms with Crippen LogP contribution < -0.4 is 15.0 Å². The van der Waals surface area contributed by atoms with Gasteiger partial charge in [-0.25, -0.2) is 0 Å². The summed E-state index contributed by atoms with van der Waals surface area (Å²) < 4.78 is 10.7. The fourth-order valence-corrected chi connectivity index (χ4v) is 4.29. The third kappa shape index (κ3) is 5.38. The number of carbonyl (C=O) groups excluding carboxylic acids is 1. The molecule has 4 rings (SSSR count). The van der Waals surface area contributed by atoms with E-state index in [2.05, 4.69) is 17.1 Å². The summed E-state index contributed by atoms with van der Waals surface area (Å²) in [7, 11) is 3.10. The molecule has 0 aliphatic heterocycles. The lowest BCUT2D eigenvalue weighted by Crippen LogP contribution is -2.34. The first-order valence-corrected chi connectivity index (χ1v) is 11.6. The molecular formula is C29H30N2O4. The van der Waals surface area contributed by atoms with Crippen molar-refractivity contribution in [1.29, 1.82) is 0 Å². The number of amides is 1. The highest BCUT2D eigenvalue weighted by atomic mass is 16.5. The Morgan fingerprint density at radius 1 is 0.914 bits per heavy atom. The fourth-order valence-electron chi connectivity index (χ4n) is 4.29. The van der Waals surface area contributed by atoms with Gasteiger partial charge in [-0.1, -0.05) is 48.0 Å². The van der Waals surface area contributed by atoms with Crippen molar-refractivity contribution in [2.45, 2.75) is 26.8 Å². The standard InChI is InChI=1S/C29H30N2O4/c1-19-7-5-9-21(15-19)13-14-31(29(33)23-11-12-25(34-3)26(17-23)35-4)18-24-16-22-10-6-8-20(2)27(22)30-28(24)32/h5-12,15-17H,13-14,18H2,1-4H3,(H,30,32). The van der Waals surface area contributed by atoms with Crippen LogP contribution in [0.2, 0.25) is 0 Å². The Kier molecular flexibility index (Phi) is 7.20. The Balaban J connectivity index is 1.68. The number of carbonyl (C=O) groups is 1. The van der Waals surface area contributed by atoms with Gasteiger partial charge in [-0.15, -0.1) is 0 Å². The molecule has 0 saturated heterocycles. The van der Waals surface area contributed by atoms with E-state index in [0.29, 0.717) is 35.6 Å². The summed E-state index contributed by atoms with van der Waals surface area (Å²) >= 11 is 0. The van der Waals surface area contributed by atoms with Crippen LogP contribution in [-0.4, -0.2) is 36.6 Å². The largest absolute Gasteiger partial charge is 0.493 e. The maximum atomic E-state index is 13.7. The monoisotopic (exact) mass is 470 g/mol. The van der Waals surface area contributed by atoms with Gasteiger partial charge in [0.2, 0.25) is 0 Å². The van der Waals surface area contributed by atoms with Crippen molar-refractivity contribution in [3.8, 4) is 11.5 Å². The van der Waals surface area contributed by atoms with Crippen molar-refractivity contribution < 1.29 is 14.3 Å². The molecule has 1 aromatic heterocycles. The number of ether oxygens (including phenoxy) is 2. The van der Waals surface area contributed by atoms with Crippen LogP contribution in [0.1, 0.15) is 32.6 Å². The number of aromatic nitrogens is 1. The van der Waals surface area contributed by atoms with Crippen LogP contribution >= 0.6 is 0 Å². The zero-order chi connectivity index (χ0) is 24.9. The molecule has 4 aromatic rings. The second-order valence-corrected chi connectivity index (χ2v) is 8.70. The fraction of sp³-hybridized carbons (Fsp3) is 0.241. The molecule has 0 atom stereocenters. The molecule has 3 aromatic carbocycles. The van der Waals surface area contributed by atoms with Crippen molar-refractivity contribution >= 4 is 16.8 Å². The number of para-hydroxylation sites is 1. The van der Waals surface area contributed by atoms with Gasteiger partial charge in [-0.05, 0) is 61.0 Å². The molecule has 6 heteroatoms. The van der Waals surface area contributed by atoms with Crippen LogP contribution in [0.15, 0.2) is 71.5 Å². The quantitative estimate of drug-likeness (QED) is 0.391. The highest BCUT2D eigenvalue weighted by molar-refractivity contribution is 5.95. The van der Waals surface area contributed by atoms with Crippen LogP contribution in [0, 0.1) is 13.8 Å². The van der Waals surface area contributed by atoms with Gasteiger partial charge in [0.1, 0.15) is 0 Å². The predicted octanol–water partition coefficient (Wildman–Crippen LogP) is 5.05. The third-order valence-corrected chi connectivity index (χ3v) is 6.20. The number of fused-ring (bicyclic) bond motifs is 1. The average Bonchev–Trinajstić information content (AvgIpc) is 2.86. The summed E-state index contributed by atoms with van der Waals surface area (Å²) in [6.07, 6.45) is 0.672. The maximum Gasteiger partial charge on any atom is 0.254 e. The molecule has 1 heterocycles. The Morgan fingerprint density at radius 3 is 2.43 bits per heavy atom. The Labute approximate surface area is 205 Å². The van der Waals surface area contributed by atoms with Gasteiger partial charge in [0.15, 0.2) is 11.5 Å². The number of hydrogen-bond acceptors (Lipinski definition) is 4. The Morgan fingerprint density at radius 2 is 1.69 bits per heavy atom. The lowest BCUT2D eigenvalue weighted by Gasteiger charge is -2.23. The van der Waals surface area contributed by atoms with E-state index in [0.717, 1.165) is 22.0 Å². The molecule has 0 spiro atoms. The number of aromatic amines is 1. The second-order valence-electron chi connectivity index (χ2n) is 8.70. The molecule has 180 valence electrons. The first-order chi connectivity index (χ1) is 16.9. The van der Waals surface area contributed by atoms with Gasteiger partial charge in [-0.3, -0.25) is 9.59 Å². The predicted molar refractivity (Wildman–Crippen MR) is 138 cm³/mol. The third-order valence-electron chi connectivity index (χ3n) is 6.20. The summed E-state index contributed by atoms with van der Waals surface area (Å²) in [5, 5.41) is 0.941. The molecule has 1 amide bonds. The van der Waals surface area contributed by atoms with E-state index in [4.69, 9.17) is 9.47 Å². The number of methoxy groups -OCH3 is 2. The van der Waals surface area contributed by atoms with E-state index < -0.39 is 0 Å². The van der Waals surface area contributed by atoms with Crippen LogP contribution in [0.5, 0.6) is 11.5 Å². The molecule has 35 heavy (non-hydrogen) atoms. The van der Waals surface area contributed by atoms with Gasteiger partial charge in [0.25, 0.3) is 11.5 Å². The molecule has 0 fully saturated rings. The number of nitrogens with one attached hydrogen (secondary N) is 1. The van der Waals surface area contributed by atoms with E-state index in [1.807, 2.05) is 50.2 Å². The number of aryl methyl sites for hydroxylation is 2. The molecule has 0 bridgehead atoms. The van der Waals surface area contributed by atoms with Crippen molar-refractivity contribution in [2.75, 3.05) is 20.8 Å². The first-order valence-electron chi connectivity index (χ1n) is 11.6. The normalized spacial score (nSPS) is 10.9. The molecule has 0 saturated carbocycles. The number of pyridine rings is 1. The number of benzene rings is 3. The van der Waals surface area contributed by atoms with Gasteiger partial charge in [0, 0.05) is 17.7 Å². The van der Waals surface area contributed by atoms with Crippen LogP contribution in [0.25, 0.3) is 10.9 Å². The SMILES string of the molecule is COc1ccc(C(=O)N(CCc2cccc(C)c2)Cc2cc3cccc(C)c3[nH]c2=O)cc1OC. The smallest absolute Gasteiger partial charge is 0.254 e. The molecular weight excluding hydrogens is 440 g/mol. The van der Waals surface area contributed by atoms with Gasteiger partial charge in [0.05, 0.1) is 26.3 Å². The number of H-pyrrole nitrogens is 1. The summed E-state index contributed by atoms with van der Waals surface area (Å²) in [6.45, 7) is 4.67. The number of hydrogen-bond donors (Lipinski definition) is 1. The van der Waals surface area contributed by atoms with Crippen LogP contribution in [0.4, 0.5) is 0 Å². The van der Waals surface area contributed by atoms with Crippen LogP contribution in [0.3, 0.4) is 0 Å². The molecule has 0 aliphatic rings. The lowest BCUT2D eigenvalue weighted by atomic mass is 10.1. The average molecular weight is 471 g/mol. The topological polar surface area (TPSA) is 71.6 Å². The van der Waals surface area contributed by atoms with Crippen molar-refractivity contribution in [2.24, 2.45) is 0 Å². The molecule has 0 radical (unpaired) electrons. The van der Waals surface area contributed by atoms with Crippen molar-refractivity contribution in [3.63, 3.8) is 0 Å². The number of nitrogens with zero attached hydrogens (tertiary/aromatic N) is 1. The van der Waals surface area contributed by atoms with Crippen molar-refractivity contribution in [3.05, 3.63) is 105 Å². The summed E-state index contributed by atoms with van der Waals surface area (Å²) in [4.78, 5) is 31.3. The summed E-state index contributed by atoms with van der Waals surface area (Å²) in [5.74, 6) is 0.857. The minimum absolute atomic E-state index is 0.178. The van der Waals surface area contributed by atoms with E-state index in [9.17, 15) is 9.59 Å². The van der Waals surface area contributed by atoms with Crippen molar-refractivity contribution in [1.82, 2.24) is 9.88 Å². The molecule has 1 N–H and O–H groups in total. The summed E-state index contributed by atoms with van der Waals surface area (Å²) in [5.41, 5.74) is 4.95. The zero-order valence-electron chi connectivity index (χ0n) is 20.6. The Hall–Kier alpha value is -4.06. The van der Waals surface area contributed by atoms with E-state index in [-0.39, 0.29) is 18.0 Å². The van der Waals surface area contributed by atoms with Gasteiger partial charge < -0.3 is 19.4 Å². The highest BCUT2D eigenvalue weighted by Gasteiger charge is 2.20. The molecule has 6 nitrogen and oxygen atoms in total. The van der Waals surface area contributed by atoms with E-state index >= 15 is 0 Å². The minimum atomic E-state index is -0.188. The van der Waals surface area contributed by atoms with E-state index in [1.54, 1.807) is 30.2 Å². The van der Waals surface area contributed by atoms with Crippen LogP contribution in [-0.2, 0) is 13.0 Å².